The van der Waals surface area contributed by atoms with Crippen molar-refractivity contribution in [3.63, 3.8) is 0 Å². The van der Waals surface area contributed by atoms with Crippen molar-refractivity contribution in [1.82, 2.24) is 20.0 Å². The minimum absolute atomic E-state index is 0.213. The van der Waals surface area contributed by atoms with Crippen LogP contribution in [0.25, 0.3) is 16.7 Å². The molecule has 7 heteroatoms. The zero-order valence-corrected chi connectivity index (χ0v) is 17.3. The fourth-order valence-electron chi connectivity index (χ4n) is 4.27. The standard InChI is InChI=1S/C24H22N4O3/c1-15-21(16(2)28(26-15)18-9-4-3-5-10-18)22-23(29)25-12-13-27(22)24(30)20-14-17-8-6-7-11-19(17)31-20/h3-11,14,22H,12-13H2,1-2H3,(H,25,29)/t22-/m1/s1. The second-order valence-corrected chi connectivity index (χ2v) is 7.67. The van der Waals surface area contributed by atoms with Gasteiger partial charge in [0, 0.05) is 29.7 Å². The normalized spacial score (nSPS) is 16.5. The molecule has 0 unspecified atom stereocenters. The fraction of sp³-hybridized carbons (Fsp3) is 0.208. The summed E-state index contributed by atoms with van der Waals surface area (Å²) in [7, 11) is 0. The van der Waals surface area contributed by atoms with Crippen molar-refractivity contribution in [2.75, 3.05) is 13.1 Å². The van der Waals surface area contributed by atoms with E-state index in [2.05, 4.69) is 10.4 Å². The van der Waals surface area contributed by atoms with E-state index in [9.17, 15) is 9.59 Å². The number of aromatic nitrogens is 2. The van der Waals surface area contributed by atoms with Crippen molar-refractivity contribution < 1.29 is 14.0 Å². The minimum Gasteiger partial charge on any atom is -0.451 e. The number of hydrogen-bond donors (Lipinski definition) is 1. The number of furan rings is 1. The average molecular weight is 414 g/mol. The lowest BCUT2D eigenvalue weighted by Gasteiger charge is -2.34. The maximum Gasteiger partial charge on any atom is 0.290 e. The Labute approximate surface area is 179 Å². The van der Waals surface area contributed by atoms with E-state index in [1.165, 1.54) is 0 Å². The van der Waals surface area contributed by atoms with Gasteiger partial charge in [-0.2, -0.15) is 5.10 Å². The van der Waals surface area contributed by atoms with Gasteiger partial charge in [0.2, 0.25) is 5.91 Å². The summed E-state index contributed by atoms with van der Waals surface area (Å²) in [6, 6.07) is 18.2. The number of fused-ring (bicyclic) bond motifs is 1. The van der Waals surface area contributed by atoms with Crippen molar-refractivity contribution in [3.8, 4) is 5.69 Å². The van der Waals surface area contributed by atoms with Crippen LogP contribution in [-0.2, 0) is 4.79 Å². The minimum atomic E-state index is -0.771. The summed E-state index contributed by atoms with van der Waals surface area (Å²) < 4.78 is 7.61. The summed E-state index contributed by atoms with van der Waals surface area (Å²) in [4.78, 5) is 28.0. The molecule has 156 valence electrons. The molecule has 2 aromatic heterocycles. The van der Waals surface area contributed by atoms with Crippen LogP contribution in [0.15, 0.2) is 65.1 Å². The van der Waals surface area contributed by atoms with Gasteiger partial charge in [-0.25, -0.2) is 4.68 Å². The van der Waals surface area contributed by atoms with Crippen molar-refractivity contribution in [2.24, 2.45) is 0 Å². The van der Waals surface area contributed by atoms with Gasteiger partial charge in [-0.3, -0.25) is 9.59 Å². The van der Waals surface area contributed by atoms with E-state index in [1.807, 2.05) is 73.1 Å². The first-order chi connectivity index (χ1) is 15.0. The maximum atomic E-state index is 13.4. The van der Waals surface area contributed by atoms with E-state index in [-0.39, 0.29) is 17.6 Å². The van der Waals surface area contributed by atoms with Gasteiger partial charge in [-0.05, 0) is 38.1 Å². The number of nitrogens with one attached hydrogen (secondary N) is 1. The van der Waals surface area contributed by atoms with E-state index in [4.69, 9.17) is 4.42 Å². The zero-order valence-electron chi connectivity index (χ0n) is 17.3. The third-order valence-electron chi connectivity index (χ3n) is 5.73. The Hall–Kier alpha value is -3.87. The number of carbonyl (C=O) groups excluding carboxylic acids is 2. The van der Waals surface area contributed by atoms with Gasteiger partial charge in [0.05, 0.1) is 11.4 Å². The molecule has 1 N–H and O–H groups in total. The molecule has 1 saturated heterocycles. The average Bonchev–Trinajstić information content (AvgIpc) is 3.35. The molecule has 1 fully saturated rings. The molecule has 2 amide bonds. The van der Waals surface area contributed by atoms with Gasteiger partial charge in [-0.1, -0.05) is 36.4 Å². The topological polar surface area (TPSA) is 80.4 Å². The summed E-state index contributed by atoms with van der Waals surface area (Å²) in [6.45, 7) is 4.58. The van der Waals surface area contributed by atoms with Gasteiger partial charge >= 0.3 is 0 Å². The van der Waals surface area contributed by atoms with Crippen LogP contribution in [-0.4, -0.2) is 39.6 Å². The van der Waals surface area contributed by atoms with Gasteiger partial charge in [-0.15, -0.1) is 0 Å². The molecule has 0 saturated carbocycles. The first-order valence-electron chi connectivity index (χ1n) is 10.2. The molecule has 0 aliphatic carbocycles. The summed E-state index contributed by atoms with van der Waals surface area (Å²) in [5.74, 6) is -0.288. The number of rotatable bonds is 3. The van der Waals surface area contributed by atoms with Crippen LogP contribution < -0.4 is 5.32 Å². The molecule has 2 aromatic carbocycles. The molecule has 7 nitrogen and oxygen atoms in total. The molecule has 1 aliphatic heterocycles. The van der Waals surface area contributed by atoms with Crippen LogP contribution in [0.2, 0.25) is 0 Å². The summed E-state index contributed by atoms with van der Waals surface area (Å²) in [5, 5.41) is 8.42. The number of aryl methyl sites for hydroxylation is 1. The first kappa shape index (κ1) is 19.1. The highest BCUT2D eigenvalue weighted by atomic mass is 16.3. The summed E-state index contributed by atoms with van der Waals surface area (Å²) in [6.07, 6.45) is 0. The number of para-hydroxylation sites is 2. The molecule has 4 aromatic rings. The Morgan fingerprint density at radius 2 is 1.84 bits per heavy atom. The first-order valence-corrected chi connectivity index (χ1v) is 10.2. The lowest BCUT2D eigenvalue weighted by molar-refractivity contribution is -0.128. The summed E-state index contributed by atoms with van der Waals surface area (Å²) >= 11 is 0. The van der Waals surface area contributed by atoms with Crippen LogP contribution in [0.1, 0.15) is 33.5 Å². The van der Waals surface area contributed by atoms with E-state index in [0.29, 0.717) is 24.4 Å². The van der Waals surface area contributed by atoms with E-state index < -0.39 is 6.04 Å². The van der Waals surface area contributed by atoms with Gasteiger partial charge in [0.25, 0.3) is 5.91 Å². The lowest BCUT2D eigenvalue weighted by Crippen LogP contribution is -2.52. The van der Waals surface area contributed by atoms with Gasteiger partial charge < -0.3 is 14.6 Å². The second-order valence-electron chi connectivity index (χ2n) is 7.67. The molecule has 5 rings (SSSR count). The van der Waals surface area contributed by atoms with E-state index >= 15 is 0 Å². The highest BCUT2D eigenvalue weighted by molar-refractivity contribution is 5.99. The third kappa shape index (κ3) is 3.18. The molecule has 31 heavy (non-hydrogen) atoms. The summed E-state index contributed by atoms with van der Waals surface area (Å²) in [5.41, 5.74) is 3.83. The number of amides is 2. The second kappa shape index (κ2) is 7.43. The predicted octanol–water partition coefficient (Wildman–Crippen LogP) is 3.55. The number of piperazine rings is 1. The van der Waals surface area contributed by atoms with Gasteiger partial charge in [0.15, 0.2) is 5.76 Å². The molecule has 1 aliphatic rings. The van der Waals surface area contributed by atoms with Crippen LogP contribution in [0.4, 0.5) is 0 Å². The lowest BCUT2D eigenvalue weighted by atomic mass is 10.00. The highest BCUT2D eigenvalue weighted by Crippen LogP contribution is 2.32. The largest absolute Gasteiger partial charge is 0.451 e. The van der Waals surface area contributed by atoms with Crippen LogP contribution in [0, 0.1) is 13.8 Å². The molecular formula is C24H22N4O3. The van der Waals surface area contributed by atoms with Crippen molar-refractivity contribution in [1.29, 1.82) is 0 Å². The van der Waals surface area contributed by atoms with E-state index in [1.54, 1.807) is 11.0 Å². The SMILES string of the molecule is Cc1nn(-c2ccccc2)c(C)c1[C@@H]1C(=O)NCCN1C(=O)c1cc2ccccc2o1. The predicted molar refractivity (Wildman–Crippen MR) is 116 cm³/mol. The Bertz CT molecular complexity index is 1260. The number of carbonyl (C=O) groups is 2. The Morgan fingerprint density at radius 3 is 2.61 bits per heavy atom. The molecule has 0 spiro atoms. The Balaban J connectivity index is 1.57. The quantitative estimate of drug-likeness (QED) is 0.556. The number of nitrogens with zero attached hydrogens (tertiary/aromatic N) is 3. The maximum absolute atomic E-state index is 13.4. The van der Waals surface area contributed by atoms with Crippen LogP contribution in [0.3, 0.4) is 0 Å². The van der Waals surface area contributed by atoms with Crippen molar-refractivity contribution in [3.05, 3.63) is 83.4 Å². The van der Waals surface area contributed by atoms with Crippen LogP contribution in [0.5, 0.6) is 0 Å². The molecular weight excluding hydrogens is 392 g/mol. The fourth-order valence-corrected chi connectivity index (χ4v) is 4.27. The van der Waals surface area contributed by atoms with Gasteiger partial charge in [0.1, 0.15) is 11.6 Å². The van der Waals surface area contributed by atoms with E-state index in [0.717, 1.165) is 22.3 Å². The molecule has 0 bridgehead atoms. The number of hydrogen-bond acceptors (Lipinski definition) is 4. The van der Waals surface area contributed by atoms with Crippen molar-refractivity contribution >= 4 is 22.8 Å². The zero-order chi connectivity index (χ0) is 21.5. The Kier molecular flexibility index (Phi) is 4.58. The molecule has 1 atom stereocenters. The Morgan fingerprint density at radius 1 is 1.10 bits per heavy atom. The van der Waals surface area contributed by atoms with Crippen molar-refractivity contribution in [2.45, 2.75) is 19.9 Å². The number of benzene rings is 2. The third-order valence-corrected chi connectivity index (χ3v) is 5.73. The highest BCUT2D eigenvalue weighted by Gasteiger charge is 2.39. The van der Waals surface area contributed by atoms with Crippen LogP contribution >= 0.6 is 0 Å². The smallest absolute Gasteiger partial charge is 0.290 e. The molecule has 3 heterocycles. The molecule has 0 radical (unpaired) electrons. The monoisotopic (exact) mass is 414 g/mol.